The van der Waals surface area contributed by atoms with E-state index < -0.39 is 23.6 Å². The smallest absolute Gasteiger partial charge is 0.320 e. The predicted octanol–water partition coefficient (Wildman–Crippen LogP) is -0.465. The molecule has 0 saturated carbocycles. The fourth-order valence-electron chi connectivity index (χ4n) is 2.18. The van der Waals surface area contributed by atoms with Crippen molar-refractivity contribution in [3.8, 4) is 0 Å². The molecule has 2 aliphatic heterocycles. The zero-order valence-corrected chi connectivity index (χ0v) is 9.09. The second-order valence-corrected chi connectivity index (χ2v) is 4.23. The van der Waals surface area contributed by atoms with E-state index in [4.69, 9.17) is 0 Å². The Morgan fingerprint density at radius 2 is 1.62 bits per heavy atom. The van der Waals surface area contributed by atoms with E-state index in [1.165, 1.54) is 0 Å². The molecule has 2 rings (SSSR count). The summed E-state index contributed by atoms with van der Waals surface area (Å²) >= 11 is 0. The monoisotopic (exact) mass is 228 g/mol. The van der Waals surface area contributed by atoms with E-state index in [9.17, 15) is 14.7 Å². The Balaban J connectivity index is 2.14. The second-order valence-electron chi connectivity index (χ2n) is 4.23. The number of nitrogens with one attached hydrogen (secondary N) is 4. The molecule has 90 valence electrons. The lowest BCUT2D eigenvalue weighted by Crippen LogP contribution is -2.65. The van der Waals surface area contributed by atoms with Crippen LogP contribution in [0.25, 0.3) is 0 Å². The molecule has 0 spiro atoms. The van der Waals surface area contributed by atoms with E-state index in [0.717, 1.165) is 19.3 Å². The van der Waals surface area contributed by atoms with E-state index in [1.54, 1.807) is 0 Å². The molecule has 2 aliphatic rings. The van der Waals surface area contributed by atoms with Crippen molar-refractivity contribution >= 4 is 12.1 Å². The minimum Gasteiger partial charge on any atom is -0.351 e. The summed E-state index contributed by atoms with van der Waals surface area (Å²) in [6.07, 6.45) is 3.29. The maximum atomic E-state index is 11.2. The zero-order valence-electron chi connectivity index (χ0n) is 9.09. The van der Waals surface area contributed by atoms with Crippen LogP contribution in [0.15, 0.2) is 0 Å². The molecular formula is C9H16N4O3. The summed E-state index contributed by atoms with van der Waals surface area (Å²) in [7, 11) is 0. The first-order valence-electron chi connectivity index (χ1n) is 5.44. The highest BCUT2D eigenvalue weighted by molar-refractivity contribution is 5.87. The lowest BCUT2D eigenvalue weighted by molar-refractivity contribution is -0.0460. The lowest BCUT2D eigenvalue weighted by atomic mass is 9.98. The molecule has 0 aliphatic carbocycles. The van der Waals surface area contributed by atoms with Gasteiger partial charge in [-0.05, 0) is 12.8 Å². The van der Waals surface area contributed by atoms with Crippen molar-refractivity contribution in [3.63, 3.8) is 0 Å². The van der Waals surface area contributed by atoms with Crippen molar-refractivity contribution in [3.05, 3.63) is 0 Å². The van der Waals surface area contributed by atoms with Crippen LogP contribution in [-0.2, 0) is 0 Å². The molecule has 0 bridgehead atoms. The summed E-state index contributed by atoms with van der Waals surface area (Å²) in [4.78, 5) is 22.5. The van der Waals surface area contributed by atoms with Gasteiger partial charge in [0.2, 0.25) is 0 Å². The molecule has 7 heteroatoms. The first kappa shape index (κ1) is 11.0. The van der Waals surface area contributed by atoms with E-state index >= 15 is 0 Å². The average Bonchev–Trinajstić information content (AvgIpc) is 2.49. The van der Waals surface area contributed by atoms with E-state index in [-0.39, 0.29) is 0 Å². The van der Waals surface area contributed by atoms with Gasteiger partial charge in [-0.3, -0.25) is 10.6 Å². The number of carbonyl (C=O) groups excluding carboxylic acids is 2. The molecule has 0 unspecified atom stereocenters. The molecule has 0 aromatic carbocycles. The number of hydrogen-bond acceptors (Lipinski definition) is 3. The third kappa shape index (κ3) is 1.47. The van der Waals surface area contributed by atoms with Crippen LogP contribution < -0.4 is 21.3 Å². The molecule has 2 heterocycles. The SMILES string of the molecule is CCCCCC12NC(=O)NC1(O)NC(=O)N2. The minimum atomic E-state index is -1.73. The first-order chi connectivity index (χ1) is 7.51. The molecule has 0 aromatic heterocycles. The fourth-order valence-corrected chi connectivity index (χ4v) is 2.18. The Hall–Kier alpha value is -1.50. The van der Waals surface area contributed by atoms with Gasteiger partial charge in [-0.2, -0.15) is 0 Å². The normalized spacial score (nSPS) is 36.1. The van der Waals surface area contributed by atoms with Crippen LogP contribution in [0.5, 0.6) is 0 Å². The van der Waals surface area contributed by atoms with Gasteiger partial charge < -0.3 is 15.7 Å². The van der Waals surface area contributed by atoms with Gasteiger partial charge in [-0.1, -0.05) is 19.8 Å². The van der Waals surface area contributed by atoms with Crippen molar-refractivity contribution in [2.75, 3.05) is 0 Å². The van der Waals surface area contributed by atoms with Gasteiger partial charge >= 0.3 is 12.1 Å². The van der Waals surface area contributed by atoms with Gasteiger partial charge in [0, 0.05) is 0 Å². The van der Waals surface area contributed by atoms with Crippen LogP contribution in [-0.4, -0.2) is 28.7 Å². The number of aliphatic hydroxyl groups is 1. The van der Waals surface area contributed by atoms with Crippen molar-refractivity contribution < 1.29 is 14.7 Å². The predicted molar refractivity (Wildman–Crippen MR) is 55.2 cm³/mol. The zero-order chi connectivity index (χ0) is 11.8. The van der Waals surface area contributed by atoms with Gasteiger partial charge in [-0.25, -0.2) is 9.59 Å². The molecule has 16 heavy (non-hydrogen) atoms. The molecule has 0 atom stereocenters. The van der Waals surface area contributed by atoms with Crippen LogP contribution in [0.4, 0.5) is 9.59 Å². The van der Waals surface area contributed by atoms with E-state index in [2.05, 4.69) is 28.2 Å². The van der Waals surface area contributed by atoms with Crippen LogP contribution >= 0.6 is 0 Å². The van der Waals surface area contributed by atoms with Gasteiger partial charge in [0.05, 0.1) is 0 Å². The van der Waals surface area contributed by atoms with Gasteiger partial charge in [0.15, 0.2) is 5.66 Å². The largest absolute Gasteiger partial charge is 0.351 e. The Kier molecular flexibility index (Phi) is 2.42. The number of hydrogen-bond donors (Lipinski definition) is 5. The number of unbranched alkanes of at least 4 members (excludes halogenated alkanes) is 2. The number of carbonyl (C=O) groups is 2. The van der Waals surface area contributed by atoms with Crippen molar-refractivity contribution in [1.82, 2.24) is 21.3 Å². The minimum absolute atomic E-state index is 0.481. The van der Waals surface area contributed by atoms with E-state index in [0.29, 0.717) is 6.42 Å². The summed E-state index contributed by atoms with van der Waals surface area (Å²) in [5.41, 5.74) is -1.13. The fraction of sp³-hybridized carbons (Fsp3) is 0.778. The summed E-state index contributed by atoms with van der Waals surface area (Å²) < 4.78 is 0. The van der Waals surface area contributed by atoms with Crippen molar-refractivity contribution in [1.29, 1.82) is 0 Å². The molecule has 0 radical (unpaired) electrons. The lowest BCUT2D eigenvalue weighted by Gasteiger charge is -2.32. The van der Waals surface area contributed by atoms with Gasteiger partial charge in [-0.15, -0.1) is 0 Å². The maximum Gasteiger partial charge on any atom is 0.320 e. The Morgan fingerprint density at radius 3 is 2.12 bits per heavy atom. The molecule has 4 amide bonds. The molecule has 2 saturated heterocycles. The average molecular weight is 228 g/mol. The number of urea groups is 2. The molecule has 0 aromatic rings. The third-order valence-corrected chi connectivity index (χ3v) is 3.02. The van der Waals surface area contributed by atoms with Crippen LogP contribution in [0.3, 0.4) is 0 Å². The first-order valence-corrected chi connectivity index (χ1v) is 5.44. The number of fused-ring (bicyclic) bond motifs is 1. The molecule has 7 nitrogen and oxygen atoms in total. The quantitative estimate of drug-likeness (QED) is 0.420. The standard InChI is InChI=1S/C9H16N4O3/c1-2-3-4-5-8-9(16,12-6(14)10-8)13-7(15)11-8/h16H,2-5H2,1H3,(H2,10,12,14)(H2,11,13,15). The van der Waals surface area contributed by atoms with E-state index in [1.807, 2.05) is 0 Å². The number of rotatable bonds is 4. The van der Waals surface area contributed by atoms with Crippen LogP contribution in [0, 0.1) is 0 Å². The highest BCUT2D eigenvalue weighted by Gasteiger charge is 2.63. The second kappa shape index (κ2) is 3.51. The topological polar surface area (TPSA) is 102 Å². The van der Waals surface area contributed by atoms with Crippen molar-refractivity contribution in [2.45, 2.75) is 44.1 Å². The molecular weight excluding hydrogens is 212 g/mol. The Morgan fingerprint density at radius 1 is 1.06 bits per heavy atom. The van der Waals surface area contributed by atoms with Crippen LogP contribution in [0.2, 0.25) is 0 Å². The highest BCUT2D eigenvalue weighted by atomic mass is 16.4. The summed E-state index contributed by atoms with van der Waals surface area (Å²) in [5, 5.41) is 19.9. The Bertz CT molecular complexity index is 311. The van der Waals surface area contributed by atoms with Crippen LogP contribution in [0.1, 0.15) is 32.6 Å². The van der Waals surface area contributed by atoms with Crippen molar-refractivity contribution in [2.24, 2.45) is 0 Å². The third-order valence-electron chi connectivity index (χ3n) is 3.02. The molecule has 5 N–H and O–H groups in total. The van der Waals surface area contributed by atoms with Gasteiger partial charge in [0.1, 0.15) is 0 Å². The summed E-state index contributed by atoms with van der Waals surface area (Å²) in [6.45, 7) is 2.06. The highest BCUT2D eigenvalue weighted by Crippen LogP contribution is 2.29. The summed E-state index contributed by atoms with van der Waals surface area (Å²) in [5.74, 6) is -1.73. The van der Waals surface area contributed by atoms with Gasteiger partial charge in [0.25, 0.3) is 5.85 Å². The Labute approximate surface area is 93.0 Å². The maximum absolute atomic E-state index is 11.2. The number of amides is 4. The molecule has 2 fully saturated rings. The summed E-state index contributed by atoms with van der Waals surface area (Å²) in [6, 6.07) is -0.988.